The van der Waals surface area contributed by atoms with E-state index in [1.54, 1.807) is 7.05 Å². The molecule has 0 bridgehead atoms. The van der Waals surface area contributed by atoms with Gasteiger partial charge >= 0.3 is 0 Å². The van der Waals surface area contributed by atoms with Crippen molar-refractivity contribution in [1.29, 1.82) is 0 Å². The minimum absolute atomic E-state index is 0. The highest BCUT2D eigenvalue weighted by molar-refractivity contribution is 14.0. The Morgan fingerprint density at radius 1 is 1.36 bits per heavy atom. The average Bonchev–Trinajstić information content (AvgIpc) is 3.18. The van der Waals surface area contributed by atoms with E-state index in [-0.39, 0.29) is 36.0 Å². The number of halogens is 1. The lowest BCUT2D eigenvalue weighted by molar-refractivity contribution is -0.0284. The molecular weight excluding hydrogens is 489 g/mol. The molecule has 1 aliphatic heterocycles. The summed E-state index contributed by atoms with van der Waals surface area (Å²) >= 11 is 1.45. The summed E-state index contributed by atoms with van der Waals surface area (Å²) in [5.41, 5.74) is 0. The molecule has 1 saturated heterocycles. The molecule has 1 aromatic heterocycles. The Balaban J connectivity index is 0.00000392. The Morgan fingerprint density at radius 3 is 2.82 bits per heavy atom. The topological polar surface area (TPSA) is 78.0 Å². The van der Waals surface area contributed by atoms with Crippen molar-refractivity contribution in [3.05, 3.63) is 22.4 Å². The van der Waals surface area contributed by atoms with Crippen LogP contribution >= 0.6 is 35.3 Å². The molecule has 0 saturated carbocycles. The summed E-state index contributed by atoms with van der Waals surface area (Å²) in [7, 11) is 1.76. The predicted molar refractivity (Wildman–Crippen MR) is 127 cm³/mol. The largest absolute Gasteiger partial charge is 0.374 e. The van der Waals surface area contributed by atoms with Gasteiger partial charge < -0.3 is 20.7 Å². The van der Waals surface area contributed by atoms with Gasteiger partial charge in [0.15, 0.2) is 5.96 Å². The Hall–Kier alpha value is -0.910. The standard InChI is InChI=1S/C19H33N5O2S.HI/c1-15(2)13-24-9-10-26-16(14-24)12-23-19(20-3)22-8-5-7-21-18(25)17-6-4-11-27-17;/h4,6,11,15-16H,5,7-10,12-14H2,1-3H3,(H,21,25)(H2,20,22,23);1H. The molecule has 2 rings (SSSR count). The number of hydrogen-bond acceptors (Lipinski definition) is 5. The van der Waals surface area contributed by atoms with E-state index in [2.05, 4.69) is 39.7 Å². The minimum atomic E-state index is -0.00657. The van der Waals surface area contributed by atoms with Crippen LogP contribution in [0.3, 0.4) is 0 Å². The smallest absolute Gasteiger partial charge is 0.261 e. The number of amides is 1. The van der Waals surface area contributed by atoms with E-state index in [0.29, 0.717) is 12.5 Å². The zero-order valence-corrected chi connectivity index (χ0v) is 20.2. The highest BCUT2D eigenvalue weighted by Crippen LogP contribution is 2.08. The lowest BCUT2D eigenvalue weighted by atomic mass is 10.2. The van der Waals surface area contributed by atoms with Crippen molar-refractivity contribution in [2.45, 2.75) is 26.4 Å². The highest BCUT2D eigenvalue weighted by Gasteiger charge is 2.21. The Kier molecular flexibility index (Phi) is 12.7. The Bertz CT molecular complexity index is 583. The van der Waals surface area contributed by atoms with Gasteiger partial charge in [-0.05, 0) is 23.8 Å². The third-order valence-corrected chi connectivity index (χ3v) is 5.11. The summed E-state index contributed by atoms with van der Waals surface area (Å²) in [6, 6.07) is 3.72. The van der Waals surface area contributed by atoms with Crippen molar-refractivity contribution in [3.63, 3.8) is 0 Å². The number of ether oxygens (including phenoxy) is 1. The van der Waals surface area contributed by atoms with Crippen LogP contribution in [0.4, 0.5) is 0 Å². The molecule has 1 fully saturated rings. The highest BCUT2D eigenvalue weighted by atomic mass is 127. The molecule has 1 atom stereocenters. The van der Waals surface area contributed by atoms with Crippen molar-refractivity contribution in [3.8, 4) is 0 Å². The monoisotopic (exact) mass is 523 g/mol. The molecule has 0 aliphatic carbocycles. The normalized spacial score (nSPS) is 17.9. The molecule has 7 nitrogen and oxygen atoms in total. The van der Waals surface area contributed by atoms with Gasteiger partial charge in [0.25, 0.3) is 5.91 Å². The third-order valence-electron chi connectivity index (χ3n) is 4.24. The second-order valence-corrected chi connectivity index (χ2v) is 8.06. The summed E-state index contributed by atoms with van der Waals surface area (Å²) in [6.07, 6.45) is 1.01. The van der Waals surface area contributed by atoms with Crippen molar-refractivity contribution in [2.75, 3.05) is 52.9 Å². The lowest BCUT2D eigenvalue weighted by Gasteiger charge is -2.34. The van der Waals surface area contributed by atoms with Gasteiger partial charge in [0.1, 0.15) is 0 Å². The lowest BCUT2D eigenvalue weighted by Crippen LogP contribution is -2.50. The average molecular weight is 523 g/mol. The van der Waals surface area contributed by atoms with E-state index < -0.39 is 0 Å². The van der Waals surface area contributed by atoms with Gasteiger partial charge in [-0.3, -0.25) is 14.7 Å². The quantitative estimate of drug-likeness (QED) is 0.200. The first-order valence-corrected chi connectivity index (χ1v) is 10.6. The SMILES string of the molecule is CN=C(NCCCNC(=O)c1cccs1)NCC1CN(CC(C)C)CCO1.I. The van der Waals surface area contributed by atoms with Crippen LogP contribution in [0.1, 0.15) is 29.9 Å². The van der Waals surface area contributed by atoms with Crippen molar-refractivity contribution < 1.29 is 9.53 Å². The Morgan fingerprint density at radius 2 is 2.14 bits per heavy atom. The van der Waals surface area contributed by atoms with Crippen molar-refractivity contribution in [1.82, 2.24) is 20.9 Å². The zero-order chi connectivity index (χ0) is 19.5. The first-order valence-electron chi connectivity index (χ1n) is 9.68. The van der Waals surface area contributed by atoms with Crippen LogP contribution in [0.25, 0.3) is 0 Å². The molecule has 1 unspecified atom stereocenters. The summed E-state index contributed by atoms with van der Waals surface area (Å²) in [5, 5.41) is 11.5. The maximum Gasteiger partial charge on any atom is 0.261 e. The van der Waals surface area contributed by atoms with Gasteiger partial charge in [-0.25, -0.2) is 0 Å². The number of rotatable bonds is 9. The molecule has 0 radical (unpaired) electrons. The van der Waals surface area contributed by atoms with Crippen LogP contribution < -0.4 is 16.0 Å². The summed E-state index contributed by atoms with van der Waals surface area (Å²) in [6.45, 7) is 10.5. The van der Waals surface area contributed by atoms with Crippen LogP contribution in [-0.4, -0.2) is 75.8 Å². The molecule has 9 heteroatoms. The first-order chi connectivity index (χ1) is 13.1. The molecule has 2 heterocycles. The second-order valence-electron chi connectivity index (χ2n) is 7.11. The molecule has 1 aromatic rings. The van der Waals surface area contributed by atoms with Crippen molar-refractivity contribution >= 4 is 47.2 Å². The fourth-order valence-electron chi connectivity index (χ4n) is 3.01. The van der Waals surface area contributed by atoms with Crippen LogP contribution in [0, 0.1) is 5.92 Å². The molecule has 1 aliphatic rings. The molecule has 0 aromatic carbocycles. The van der Waals surface area contributed by atoms with E-state index in [0.717, 1.165) is 56.6 Å². The Labute approximate surface area is 189 Å². The van der Waals surface area contributed by atoms with Gasteiger partial charge in [-0.15, -0.1) is 35.3 Å². The molecule has 160 valence electrons. The maximum absolute atomic E-state index is 11.9. The molecular formula is C19H34IN5O2S. The van der Waals surface area contributed by atoms with E-state index in [1.807, 2.05) is 17.5 Å². The number of nitrogens with one attached hydrogen (secondary N) is 3. The fraction of sp³-hybridized carbons (Fsp3) is 0.684. The number of carbonyl (C=O) groups excluding carboxylic acids is 1. The third kappa shape index (κ3) is 9.53. The number of hydrogen-bond donors (Lipinski definition) is 3. The van der Waals surface area contributed by atoms with Gasteiger partial charge in [-0.2, -0.15) is 0 Å². The maximum atomic E-state index is 11.9. The number of nitrogens with zero attached hydrogens (tertiary/aromatic N) is 2. The zero-order valence-electron chi connectivity index (χ0n) is 17.1. The van der Waals surface area contributed by atoms with Gasteiger partial charge in [0, 0.05) is 46.3 Å². The van der Waals surface area contributed by atoms with Crippen LogP contribution in [0.15, 0.2) is 22.5 Å². The molecule has 0 spiro atoms. The molecule has 1 amide bonds. The minimum Gasteiger partial charge on any atom is -0.374 e. The number of guanidine groups is 1. The van der Waals surface area contributed by atoms with E-state index in [9.17, 15) is 4.79 Å². The number of aliphatic imine (C=N–C) groups is 1. The van der Waals surface area contributed by atoms with E-state index in [1.165, 1.54) is 11.3 Å². The number of thiophene rings is 1. The van der Waals surface area contributed by atoms with Crippen LogP contribution in [-0.2, 0) is 4.74 Å². The van der Waals surface area contributed by atoms with Crippen LogP contribution in [0.5, 0.6) is 0 Å². The number of morpholine rings is 1. The molecule has 28 heavy (non-hydrogen) atoms. The summed E-state index contributed by atoms with van der Waals surface area (Å²) in [5.74, 6) is 1.43. The first kappa shape index (κ1) is 25.1. The van der Waals surface area contributed by atoms with Gasteiger partial charge in [0.05, 0.1) is 17.6 Å². The van der Waals surface area contributed by atoms with E-state index in [4.69, 9.17) is 4.74 Å². The second kappa shape index (κ2) is 14.1. The van der Waals surface area contributed by atoms with Gasteiger partial charge in [0.2, 0.25) is 0 Å². The fourth-order valence-corrected chi connectivity index (χ4v) is 3.65. The summed E-state index contributed by atoms with van der Waals surface area (Å²) in [4.78, 5) is 19.3. The van der Waals surface area contributed by atoms with Crippen LogP contribution in [0.2, 0.25) is 0 Å². The summed E-state index contributed by atoms with van der Waals surface area (Å²) < 4.78 is 5.86. The predicted octanol–water partition coefficient (Wildman–Crippen LogP) is 2.01. The van der Waals surface area contributed by atoms with E-state index >= 15 is 0 Å². The van der Waals surface area contributed by atoms with Gasteiger partial charge in [-0.1, -0.05) is 19.9 Å². The number of carbonyl (C=O) groups is 1. The van der Waals surface area contributed by atoms with Crippen molar-refractivity contribution in [2.24, 2.45) is 10.9 Å². The molecule has 3 N–H and O–H groups in total.